The lowest BCUT2D eigenvalue weighted by Crippen LogP contribution is -2.57. The van der Waals surface area contributed by atoms with Crippen LogP contribution < -0.4 is 5.32 Å². The molecule has 3 aliphatic heterocycles. The van der Waals surface area contributed by atoms with Crippen molar-refractivity contribution in [3.63, 3.8) is 0 Å². The first-order valence-corrected chi connectivity index (χ1v) is 12.7. The minimum absolute atomic E-state index is 0.0173. The van der Waals surface area contributed by atoms with Crippen LogP contribution in [-0.2, 0) is 17.8 Å². The van der Waals surface area contributed by atoms with E-state index in [0.717, 1.165) is 77.7 Å². The largest absolute Gasteiger partial charge is 0.355 e. The third kappa shape index (κ3) is 5.23. The van der Waals surface area contributed by atoms with Gasteiger partial charge in [-0.15, -0.1) is 11.3 Å². The predicted molar refractivity (Wildman–Crippen MR) is 128 cm³/mol. The van der Waals surface area contributed by atoms with Gasteiger partial charge < -0.3 is 15.1 Å². The van der Waals surface area contributed by atoms with Gasteiger partial charge in [0.1, 0.15) is 0 Å². The van der Waals surface area contributed by atoms with Gasteiger partial charge in [-0.3, -0.25) is 19.6 Å². The Morgan fingerprint density at radius 3 is 2.52 bits per heavy atom. The smallest absolute Gasteiger partial charge is 0.239 e. The maximum Gasteiger partial charge on any atom is 0.239 e. The molecular formula is C23H38N6OS. The molecule has 0 spiro atoms. The van der Waals surface area contributed by atoms with Crippen LogP contribution in [0, 0.1) is 0 Å². The molecule has 2 fully saturated rings. The van der Waals surface area contributed by atoms with Crippen LogP contribution in [0.5, 0.6) is 0 Å². The lowest BCUT2D eigenvalue weighted by atomic mass is 10.1. The second-order valence-corrected chi connectivity index (χ2v) is 10.1. The number of fused-ring (bicyclic) bond motifs is 1. The Kier molecular flexibility index (Phi) is 7.51. The molecule has 1 amide bonds. The molecule has 2 atom stereocenters. The van der Waals surface area contributed by atoms with Crippen molar-refractivity contribution in [2.45, 2.75) is 51.7 Å². The van der Waals surface area contributed by atoms with Gasteiger partial charge in [-0.2, -0.15) is 0 Å². The van der Waals surface area contributed by atoms with Crippen molar-refractivity contribution in [2.75, 3.05) is 59.4 Å². The molecule has 1 aromatic heterocycles. The molecule has 0 aromatic carbocycles. The van der Waals surface area contributed by atoms with E-state index >= 15 is 0 Å². The molecule has 0 aliphatic carbocycles. The molecule has 8 heteroatoms. The van der Waals surface area contributed by atoms with E-state index in [1.807, 2.05) is 23.3 Å². The van der Waals surface area contributed by atoms with E-state index in [4.69, 9.17) is 0 Å². The minimum Gasteiger partial charge on any atom is -0.355 e. The summed E-state index contributed by atoms with van der Waals surface area (Å²) < 4.78 is 0. The van der Waals surface area contributed by atoms with Gasteiger partial charge in [0.15, 0.2) is 5.96 Å². The molecule has 31 heavy (non-hydrogen) atoms. The molecule has 1 N–H and O–H groups in total. The summed E-state index contributed by atoms with van der Waals surface area (Å²) in [5.74, 6) is 1.29. The van der Waals surface area contributed by atoms with Crippen molar-refractivity contribution in [2.24, 2.45) is 4.99 Å². The number of aliphatic imine (C=N–C) groups is 1. The molecule has 172 valence electrons. The maximum atomic E-state index is 12.7. The summed E-state index contributed by atoms with van der Waals surface area (Å²) in [5.41, 5.74) is 1.50. The molecule has 2 unspecified atom stereocenters. The Morgan fingerprint density at radius 2 is 1.81 bits per heavy atom. The fraction of sp³-hybridized carbons (Fsp3) is 0.739. The minimum atomic E-state index is -0.0173. The molecule has 3 aliphatic rings. The van der Waals surface area contributed by atoms with Crippen LogP contribution in [0.2, 0.25) is 0 Å². The maximum absolute atomic E-state index is 12.7. The first kappa shape index (κ1) is 22.6. The van der Waals surface area contributed by atoms with Crippen LogP contribution >= 0.6 is 11.3 Å². The predicted octanol–water partition coefficient (Wildman–Crippen LogP) is 1.70. The highest BCUT2D eigenvalue weighted by Crippen LogP contribution is 2.25. The summed E-state index contributed by atoms with van der Waals surface area (Å²) in [6.45, 7) is 13.0. The number of nitrogens with one attached hydrogen (secondary N) is 1. The van der Waals surface area contributed by atoms with E-state index in [1.165, 1.54) is 12.0 Å². The first-order chi connectivity index (χ1) is 15.1. The lowest BCUT2D eigenvalue weighted by Gasteiger charge is -2.40. The highest BCUT2D eigenvalue weighted by atomic mass is 32.1. The third-order valence-corrected chi connectivity index (χ3v) is 8.19. The zero-order valence-corrected chi connectivity index (χ0v) is 20.2. The van der Waals surface area contributed by atoms with Crippen molar-refractivity contribution in [3.8, 4) is 0 Å². The normalized spacial score (nSPS) is 23.0. The number of guanidine groups is 1. The second kappa shape index (κ2) is 10.3. The lowest BCUT2D eigenvalue weighted by molar-refractivity contribution is -0.135. The van der Waals surface area contributed by atoms with Crippen LogP contribution in [0.15, 0.2) is 16.4 Å². The quantitative estimate of drug-likeness (QED) is 0.551. The Bertz CT molecular complexity index is 766. The number of carbonyl (C=O) groups is 1. The van der Waals surface area contributed by atoms with Crippen LogP contribution in [0.3, 0.4) is 0 Å². The average Bonchev–Trinajstić information content (AvgIpc) is 3.50. The number of nitrogens with zero attached hydrogens (tertiary/aromatic N) is 5. The summed E-state index contributed by atoms with van der Waals surface area (Å²) >= 11 is 1.89. The van der Waals surface area contributed by atoms with E-state index in [9.17, 15) is 4.79 Å². The number of thiophene rings is 1. The second-order valence-electron chi connectivity index (χ2n) is 9.10. The van der Waals surface area contributed by atoms with Gasteiger partial charge in [0.2, 0.25) is 5.91 Å². The van der Waals surface area contributed by atoms with E-state index in [-0.39, 0.29) is 6.04 Å². The van der Waals surface area contributed by atoms with Crippen molar-refractivity contribution in [3.05, 3.63) is 21.9 Å². The molecule has 7 nitrogen and oxygen atoms in total. The van der Waals surface area contributed by atoms with Gasteiger partial charge in [-0.05, 0) is 50.1 Å². The SMILES string of the molecule is CN=C(NCC(C)N1CCc2sccc2C1)N1CCN(C(C)C(=O)N2CCCC2)CC1. The molecule has 4 heterocycles. The topological polar surface area (TPSA) is 54.4 Å². The van der Waals surface area contributed by atoms with Crippen LogP contribution in [0.4, 0.5) is 0 Å². The number of hydrogen-bond donors (Lipinski definition) is 1. The summed E-state index contributed by atoms with van der Waals surface area (Å²) in [5, 5.41) is 5.83. The summed E-state index contributed by atoms with van der Waals surface area (Å²) in [6.07, 6.45) is 3.47. The highest BCUT2D eigenvalue weighted by molar-refractivity contribution is 7.10. The number of rotatable bonds is 5. The zero-order valence-electron chi connectivity index (χ0n) is 19.3. The van der Waals surface area contributed by atoms with Crippen molar-refractivity contribution >= 4 is 23.2 Å². The van der Waals surface area contributed by atoms with Crippen LogP contribution in [0.25, 0.3) is 0 Å². The van der Waals surface area contributed by atoms with Crippen LogP contribution in [-0.4, -0.2) is 103 Å². The monoisotopic (exact) mass is 446 g/mol. The fourth-order valence-corrected chi connectivity index (χ4v) is 5.92. The van der Waals surface area contributed by atoms with E-state index in [0.29, 0.717) is 11.9 Å². The first-order valence-electron chi connectivity index (χ1n) is 11.8. The third-order valence-electron chi connectivity index (χ3n) is 7.16. The average molecular weight is 447 g/mol. The van der Waals surface area contributed by atoms with Gasteiger partial charge in [0, 0.05) is 76.9 Å². The van der Waals surface area contributed by atoms with E-state index < -0.39 is 0 Å². The molecule has 4 rings (SSSR count). The Hall–Kier alpha value is -1.64. The number of piperazine rings is 1. The Balaban J connectivity index is 1.22. The number of amides is 1. The summed E-state index contributed by atoms with van der Waals surface area (Å²) in [4.78, 5) is 28.1. The number of likely N-dealkylation sites (tertiary alicyclic amines) is 1. The van der Waals surface area contributed by atoms with E-state index in [1.54, 1.807) is 4.88 Å². The van der Waals surface area contributed by atoms with Gasteiger partial charge in [-0.25, -0.2) is 0 Å². The Morgan fingerprint density at radius 1 is 1.06 bits per heavy atom. The van der Waals surface area contributed by atoms with Gasteiger partial charge in [0.25, 0.3) is 0 Å². The van der Waals surface area contributed by atoms with Crippen molar-refractivity contribution in [1.29, 1.82) is 0 Å². The van der Waals surface area contributed by atoms with E-state index in [2.05, 4.69) is 50.3 Å². The molecule has 0 bridgehead atoms. The summed E-state index contributed by atoms with van der Waals surface area (Å²) in [7, 11) is 1.87. The van der Waals surface area contributed by atoms with Gasteiger partial charge in [0.05, 0.1) is 6.04 Å². The molecule has 0 saturated carbocycles. The Labute approximate surface area is 191 Å². The highest BCUT2D eigenvalue weighted by Gasteiger charge is 2.30. The van der Waals surface area contributed by atoms with Crippen LogP contribution in [0.1, 0.15) is 37.1 Å². The molecular weight excluding hydrogens is 408 g/mol. The molecule has 2 saturated heterocycles. The van der Waals surface area contributed by atoms with Gasteiger partial charge in [-0.1, -0.05) is 0 Å². The summed E-state index contributed by atoms with van der Waals surface area (Å²) in [6, 6.07) is 2.72. The van der Waals surface area contributed by atoms with Crippen molar-refractivity contribution in [1.82, 2.24) is 24.9 Å². The zero-order chi connectivity index (χ0) is 21.8. The number of hydrogen-bond acceptors (Lipinski definition) is 5. The number of carbonyl (C=O) groups excluding carboxylic acids is 1. The fourth-order valence-electron chi connectivity index (χ4n) is 5.03. The molecule has 1 aromatic rings. The standard InChI is InChI=1S/C23H38N6OS/c1-18(29-10-6-21-20(17-29)7-15-31-21)16-25-23(24-3)28-13-11-26(12-14-28)19(2)22(30)27-8-4-5-9-27/h7,15,18-19H,4-6,8-14,16-17H2,1-3H3,(H,24,25). The van der Waals surface area contributed by atoms with Gasteiger partial charge >= 0.3 is 0 Å². The van der Waals surface area contributed by atoms with Crippen molar-refractivity contribution < 1.29 is 4.79 Å². The molecule has 0 radical (unpaired) electrons.